The van der Waals surface area contributed by atoms with Gasteiger partial charge in [0.1, 0.15) is 12.4 Å². The Balaban J connectivity index is 1.99. The number of nitrogens with zero attached hydrogens (tertiary/aromatic N) is 1. The van der Waals surface area contributed by atoms with E-state index < -0.39 is 18.4 Å². The lowest BCUT2D eigenvalue weighted by atomic mass is 10.2. The van der Waals surface area contributed by atoms with Crippen molar-refractivity contribution in [1.29, 1.82) is 0 Å². The molecule has 102 valence electrons. The van der Waals surface area contributed by atoms with E-state index in [1.165, 1.54) is 0 Å². The number of nitrogens with one attached hydrogen (secondary N) is 2. The van der Waals surface area contributed by atoms with E-state index in [0.717, 1.165) is 5.69 Å². The highest BCUT2D eigenvalue weighted by molar-refractivity contribution is 5.96. The van der Waals surface area contributed by atoms with Crippen molar-refractivity contribution in [1.82, 2.24) is 10.3 Å². The number of carboxylic acids is 1. The molecule has 1 heterocycles. The van der Waals surface area contributed by atoms with Crippen molar-refractivity contribution < 1.29 is 14.7 Å². The van der Waals surface area contributed by atoms with Crippen molar-refractivity contribution in [2.75, 3.05) is 11.9 Å². The van der Waals surface area contributed by atoms with Gasteiger partial charge >= 0.3 is 5.97 Å². The molecule has 0 aliphatic carbocycles. The summed E-state index contributed by atoms with van der Waals surface area (Å²) in [6.07, 6.45) is 1.68. The minimum Gasteiger partial charge on any atom is -0.480 e. The molecule has 0 saturated heterocycles. The second kappa shape index (κ2) is 6.33. The Kier molecular flexibility index (Phi) is 4.28. The smallest absolute Gasteiger partial charge is 0.322 e. The van der Waals surface area contributed by atoms with Gasteiger partial charge < -0.3 is 15.7 Å². The molecule has 0 unspecified atom stereocenters. The normalized spacial score (nSPS) is 9.80. The van der Waals surface area contributed by atoms with Crippen LogP contribution < -0.4 is 10.6 Å². The molecule has 0 fully saturated rings. The number of aliphatic carboxylic acids is 1. The first-order valence-electron chi connectivity index (χ1n) is 5.93. The molecule has 1 aromatic heterocycles. The summed E-state index contributed by atoms with van der Waals surface area (Å²) in [6.45, 7) is -0.396. The van der Waals surface area contributed by atoms with Crippen LogP contribution in [0.15, 0.2) is 48.7 Å². The number of carbonyl (C=O) groups excluding carboxylic acids is 1. The van der Waals surface area contributed by atoms with Crippen LogP contribution in [0.3, 0.4) is 0 Å². The summed E-state index contributed by atoms with van der Waals surface area (Å²) in [4.78, 5) is 26.1. The number of rotatable bonds is 5. The summed E-state index contributed by atoms with van der Waals surface area (Å²) < 4.78 is 0. The third-order valence-corrected chi connectivity index (χ3v) is 2.48. The Hall–Kier alpha value is -2.89. The zero-order valence-electron chi connectivity index (χ0n) is 10.5. The molecule has 0 bridgehead atoms. The predicted molar refractivity (Wildman–Crippen MR) is 73.9 cm³/mol. The van der Waals surface area contributed by atoms with Gasteiger partial charge in [0.15, 0.2) is 0 Å². The lowest BCUT2D eigenvalue weighted by molar-refractivity contribution is -0.135. The second-order valence-corrected chi connectivity index (χ2v) is 3.99. The molecule has 1 amide bonds. The van der Waals surface area contributed by atoms with Crippen molar-refractivity contribution in [3.05, 3.63) is 54.2 Å². The highest BCUT2D eigenvalue weighted by Gasteiger charge is 2.06. The maximum atomic E-state index is 11.6. The van der Waals surface area contributed by atoms with Crippen molar-refractivity contribution in [2.24, 2.45) is 0 Å². The first-order valence-corrected chi connectivity index (χ1v) is 5.93. The fraction of sp³-hybridized carbons (Fsp3) is 0.0714. The number of carbonyl (C=O) groups is 2. The fourth-order valence-corrected chi connectivity index (χ4v) is 1.55. The number of hydrogen-bond acceptors (Lipinski definition) is 4. The molecule has 6 heteroatoms. The summed E-state index contributed by atoms with van der Waals surface area (Å²) in [7, 11) is 0. The average molecular weight is 271 g/mol. The largest absolute Gasteiger partial charge is 0.480 e. The van der Waals surface area contributed by atoms with Gasteiger partial charge in [0.25, 0.3) is 5.91 Å². The van der Waals surface area contributed by atoms with Crippen molar-refractivity contribution in [2.45, 2.75) is 0 Å². The van der Waals surface area contributed by atoms with Gasteiger partial charge in [-0.1, -0.05) is 6.07 Å². The van der Waals surface area contributed by atoms with Gasteiger partial charge in [-0.05, 0) is 36.4 Å². The zero-order valence-corrected chi connectivity index (χ0v) is 10.5. The Morgan fingerprint density at radius 1 is 1.10 bits per heavy atom. The Labute approximate surface area is 115 Å². The Bertz CT molecular complexity index is 597. The summed E-state index contributed by atoms with van der Waals surface area (Å²) in [5.41, 5.74) is 1.19. The number of carboxylic acid groups (broad SMARTS) is 1. The van der Waals surface area contributed by atoms with Crippen molar-refractivity contribution in [3.8, 4) is 0 Å². The second-order valence-electron chi connectivity index (χ2n) is 3.99. The van der Waals surface area contributed by atoms with Gasteiger partial charge in [-0.15, -0.1) is 0 Å². The van der Waals surface area contributed by atoms with Crippen LogP contribution in [-0.4, -0.2) is 28.5 Å². The van der Waals surface area contributed by atoms with Crippen LogP contribution in [0.2, 0.25) is 0 Å². The third kappa shape index (κ3) is 3.81. The van der Waals surface area contributed by atoms with Gasteiger partial charge in [0.05, 0.1) is 0 Å². The molecule has 0 spiro atoms. The molecule has 20 heavy (non-hydrogen) atoms. The van der Waals surface area contributed by atoms with Crippen molar-refractivity contribution in [3.63, 3.8) is 0 Å². The zero-order chi connectivity index (χ0) is 14.4. The van der Waals surface area contributed by atoms with Gasteiger partial charge in [-0.3, -0.25) is 9.59 Å². The maximum Gasteiger partial charge on any atom is 0.322 e. The molecule has 3 N–H and O–H groups in total. The van der Waals surface area contributed by atoms with E-state index in [0.29, 0.717) is 11.4 Å². The quantitative estimate of drug-likeness (QED) is 0.769. The van der Waals surface area contributed by atoms with Crippen molar-refractivity contribution >= 4 is 23.4 Å². The number of amides is 1. The first-order chi connectivity index (χ1) is 9.65. The molecule has 0 saturated carbocycles. The number of anilines is 2. The van der Waals surface area contributed by atoms with E-state index in [-0.39, 0.29) is 0 Å². The highest BCUT2D eigenvalue weighted by atomic mass is 16.4. The van der Waals surface area contributed by atoms with E-state index in [4.69, 9.17) is 5.11 Å². The van der Waals surface area contributed by atoms with Crippen LogP contribution in [0.5, 0.6) is 0 Å². The molecule has 0 aliphatic rings. The molecule has 2 rings (SSSR count). The van der Waals surface area contributed by atoms with Crippen LogP contribution in [0, 0.1) is 0 Å². The SMILES string of the molecule is O=C(O)CNC(=O)c1ccc(Nc2ccccn2)cc1. The third-order valence-electron chi connectivity index (χ3n) is 2.48. The van der Waals surface area contributed by atoms with Gasteiger partial charge in [0.2, 0.25) is 0 Å². The average Bonchev–Trinajstić information content (AvgIpc) is 2.46. The summed E-state index contributed by atoms with van der Waals surface area (Å²) in [5, 5.41) is 13.9. The number of benzene rings is 1. The van der Waals surface area contributed by atoms with E-state index in [2.05, 4.69) is 15.6 Å². The van der Waals surface area contributed by atoms with E-state index >= 15 is 0 Å². The van der Waals surface area contributed by atoms with Gasteiger partial charge in [0, 0.05) is 17.4 Å². The molecular weight excluding hydrogens is 258 g/mol. The summed E-state index contributed by atoms with van der Waals surface area (Å²) >= 11 is 0. The Morgan fingerprint density at radius 3 is 2.45 bits per heavy atom. The number of pyridine rings is 1. The van der Waals surface area contributed by atoms with Crippen LogP contribution in [-0.2, 0) is 4.79 Å². The lowest BCUT2D eigenvalue weighted by Crippen LogP contribution is -2.29. The summed E-state index contributed by atoms with van der Waals surface area (Å²) in [6, 6.07) is 12.2. The minimum absolute atomic E-state index is 0.396. The van der Waals surface area contributed by atoms with Gasteiger partial charge in [-0.25, -0.2) is 4.98 Å². The topological polar surface area (TPSA) is 91.3 Å². The predicted octanol–water partition coefficient (Wildman–Crippen LogP) is 1.64. The van der Waals surface area contributed by atoms with Crippen LogP contribution in [0.1, 0.15) is 10.4 Å². The minimum atomic E-state index is -1.08. The fourth-order valence-electron chi connectivity index (χ4n) is 1.55. The molecule has 0 aliphatic heterocycles. The molecule has 1 aromatic carbocycles. The van der Waals surface area contributed by atoms with Gasteiger partial charge in [-0.2, -0.15) is 0 Å². The molecular formula is C14H13N3O3. The molecule has 0 radical (unpaired) electrons. The van der Waals surface area contributed by atoms with Crippen LogP contribution in [0.4, 0.5) is 11.5 Å². The van der Waals surface area contributed by atoms with E-state index in [1.807, 2.05) is 18.2 Å². The Morgan fingerprint density at radius 2 is 1.85 bits per heavy atom. The standard InChI is InChI=1S/C14H13N3O3/c18-13(19)9-16-14(20)10-4-6-11(7-5-10)17-12-3-1-2-8-15-12/h1-8H,9H2,(H,15,17)(H,16,20)(H,18,19). The van der Waals surface area contributed by atoms with Crippen LogP contribution in [0.25, 0.3) is 0 Å². The monoisotopic (exact) mass is 271 g/mol. The molecule has 2 aromatic rings. The van der Waals surface area contributed by atoms with E-state index in [9.17, 15) is 9.59 Å². The maximum absolute atomic E-state index is 11.6. The lowest BCUT2D eigenvalue weighted by Gasteiger charge is -2.06. The van der Waals surface area contributed by atoms with E-state index in [1.54, 1.807) is 30.5 Å². The number of aromatic nitrogens is 1. The first kappa shape index (κ1) is 13.5. The molecule has 6 nitrogen and oxygen atoms in total. The number of hydrogen-bond donors (Lipinski definition) is 3. The molecule has 0 atom stereocenters. The van der Waals surface area contributed by atoms with Crippen LogP contribution >= 0.6 is 0 Å². The highest BCUT2D eigenvalue weighted by Crippen LogP contribution is 2.14. The summed E-state index contributed by atoms with van der Waals surface area (Å²) in [5.74, 6) is -0.792.